The highest BCUT2D eigenvalue weighted by Crippen LogP contribution is 2.20. The van der Waals surface area contributed by atoms with Crippen molar-refractivity contribution in [2.24, 2.45) is 0 Å². The van der Waals surface area contributed by atoms with Crippen molar-refractivity contribution >= 4 is 93.1 Å². The Balaban J connectivity index is 0.000000802. The summed E-state index contributed by atoms with van der Waals surface area (Å²) in [5.74, 6) is -1.84. The Morgan fingerprint density at radius 2 is 0.393 bits per heavy atom. The summed E-state index contributed by atoms with van der Waals surface area (Å²) in [6, 6.07) is 28.8. The molecule has 0 saturated heterocycles. The molecule has 0 aliphatic carbocycles. The number of hydrogen-bond acceptors (Lipinski definition) is 20. The highest BCUT2D eigenvalue weighted by Gasteiger charge is 2.30. The summed E-state index contributed by atoms with van der Waals surface area (Å²) in [4.78, 5) is 107. The number of rotatable bonds is 60. The molecular formula is C108H188N12O16S4+8. The van der Waals surface area contributed by atoms with Crippen LogP contribution < -0.4 is 0 Å². The van der Waals surface area contributed by atoms with Gasteiger partial charge in [0.05, 0.1) is 160 Å². The number of likely N-dealkylation sites (N-methyl/N-ethyl adjacent to an activating group) is 8. The molecule has 0 bridgehead atoms. The van der Waals surface area contributed by atoms with Gasteiger partial charge in [0.15, 0.2) is 0 Å². The number of ether oxygens (including phenoxy) is 8. The zero-order chi connectivity index (χ0) is 105. The van der Waals surface area contributed by atoms with Crippen molar-refractivity contribution in [1.82, 2.24) is 19.9 Å². The van der Waals surface area contributed by atoms with Gasteiger partial charge in [-0.1, -0.05) is 92.5 Å². The number of unbranched alkanes of at least 4 members (excludes halogenated alkanes) is 2. The summed E-state index contributed by atoms with van der Waals surface area (Å²) in [6.07, 6.45) is 18.8. The van der Waals surface area contributed by atoms with Gasteiger partial charge in [-0.15, -0.1) is 45.3 Å². The zero-order valence-corrected chi connectivity index (χ0v) is 94.0. The van der Waals surface area contributed by atoms with Gasteiger partial charge >= 0.3 is 47.8 Å². The maximum atomic E-state index is 11.8. The van der Waals surface area contributed by atoms with Crippen LogP contribution in [-0.4, -0.2) is 369 Å². The van der Waals surface area contributed by atoms with Crippen LogP contribution in [0.15, 0.2) is 143 Å². The first-order chi connectivity index (χ1) is 67.0. The lowest BCUT2D eigenvalue weighted by molar-refractivity contribution is -0.926. The van der Waals surface area contributed by atoms with Gasteiger partial charge in [0.1, 0.15) is 147 Å². The minimum absolute atomic E-state index is 0.179. The Morgan fingerprint density at radius 1 is 0.214 bits per heavy atom. The minimum atomic E-state index is -0.288. The molecule has 0 aromatic carbocycles. The molecule has 140 heavy (non-hydrogen) atoms. The number of carbonyl (C=O) groups excluding carboxylic acids is 8. The first-order valence-corrected chi connectivity index (χ1v) is 55.3. The van der Waals surface area contributed by atoms with Gasteiger partial charge in [-0.05, 0) is 215 Å². The number of aromatic nitrogens is 4. The van der Waals surface area contributed by atoms with E-state index in [9.17, 15) is 38.4 Å². The summed E-state index contributed by atoms with van der Waals surface area (Å²) < 4.78 is 50.2. The third-order valence-corrected chi connectivity index (χ3v) is 29.2. The lowest BCUT2D eigenvalue weighted by atomic mass is 10.2. The lowest BCUT2D eigenvalue weighted by Crippen LogP contribution is -2.51. The number of quaternary nitrogens is 8. The summed E-state index contributed by atoms with van der Waals surface area (Å²) in [6.45, 7) is 71.1. The summed E-state index contributed by atoms with van der Waals surface area (Å²) in [7, 11) is 12.4. The molecule has 2 atom stereocenters. The Kier molecular flexibility index (Phi) is 68.6. The second-order valence-corrected chi connectivity index (χ2v) is 41.2. The van der Waals surface area contributed by atoms with Crippen LogP contribution in [0, 0.1) is 0 Å². The standard InChI is InChI=1S/C16H28N2O2.C16H28NO2S.C15H26N2O2.C15H26NO2S.C13H22N2O2.C13H22NO2S.C10H16N2O2.C10H16NO2S/c1-4-7-12-18(6-3,11-5-2)13-14-20-16(19)15-9-8-10-17-15;1-4-7-11-17(6-3,10-5-2)12-13-19-16(18)15-9-8-14-20-15;1-4-10-17(6-3,11-5-2)12-13-19-15(18)14-8-7-9-16-14;1-4-9-16(6-3,10-5-2)11-12-18-15(17)14-8-7-13-19-14;1-4-15(5-2,6-3)10-11-17-13(16)12-8-7-9-14-12;1-4-14(5-2,6-3)9-10-16-13(15)12-8-7-11-17-12;1-12(2,3)7-8-14-10(13)9-5-4-6-11-9;1-11(2,3)6-7-13-10(12)9-5-4-8-14-9/h8-10H,4-7,11-14H2,1-3H3;8-9,14H,4-7,10-13H2,1-3H3;7-9H,4-6,10-13H2,1-3H3;7-8,13H,4-6,9-12H2,1-3H3;7-9H,4-6,10-11H2,1-3H3;7-8,11H,4-6,9-10H2,1-3H3;4-6H,7-8H2,1-3H3;4-5,8H,6-7H2,1-3H3/q;+1;;+1;;+1;;+1/p+4. The first-order valence-electron chi connectivity index (χ1n) is 51.8. The van der Waals surface area contributed by atoms with Crippen molar-refractivity contribution in [2.45, 2.75) is 189 Å². The van der Waals surface area contributed by atoms with E-state index >= 15 is 0 Å². The molecule has 792 valence electrons. The number of esters is 8. The maximum absolute atomic E-state index is 11.8. The van der Waals surface area contributed by atoms with Crippen LogP contribution in [0.2, 0.25) is 0 Å². The van der Waals surface area contributed by atoms with E-state index in [1.54, 1.807) is 85.5 Å². The number of nitrogens with zero attached hydrogens (tertiary/aromatic N) is 8. The number of thiophene rings is 4. The first kappa shape index (κ1) is 129. The van der Waals surface area contributed by atoms with E-state index in [4.69, 9.17) is 37.9 Å². The Morgan fingerprint density at radius 3 is 0.543 bits per heavy atom. The van der Waals surface area contributed by atoms with Gasteiger partial charge in [0.2, 0.25) is 0 Å². The maximum Gasteiger partial charge on any atom is 0.354 e. The molecule has 0 amide bonds. The number of H-pyrrole nitrogens is 4. The van der Waals surface area contributed by atoms with Crippen molar-refractivity contribution in [3.05, 3.63) is 186 Å². The predicted molar refractivity (Wildman–Crippen MR) is 575 cm³/mol. The SMILES string of the molecule is CCCC[N+](CC)(CCC)CCOC(=O)c1ccc[nH]1.CCCC[N+](CC)(CCC)CCOC(=O)c1cccs1.CCC[N+](CC)(CCC)CCOC(=O)c1ccc[nH]1.CCC[N+](CC)(CCC)CCOC(=O)c1cccs1.CC[N+](CC)(CC)CCOC(=O)c1ccc[nH]1.CC[N+](CC)(CC)CCOC(=O)c1cccs1.C[N+](C)(C)CCOC(=O)c1ccc[nH]1.C[N+](C)(C)CCOC(=O)c1cccs1. The van der Waals surface area contributed by atoms with Gasteiger partial charge in [0.25, 0.3) is 0 Å². The second-order valence-electron chi connectivity index (χ2n) is 37.4. The summed E-state index contributed by atoms with van der Waals surface area (Å²) in [5, 5.41) is 7.57. The molecule has 8 heterocycles. The van der Waals surface area contributed by atoms with Crippen molar-refractivity contribution in [3.63, 3.8) is 0 Å². The van der Waals surface area contributed by atoms with Crippen LogP contribution in [-0.2, 0) is 37.9 Å². The Hall–Kier alpha value is -8.64. The van der Waals surface area contributed by atoms with Crippen LogP contribution in [0.4, 0.5) is 0 Å². The van der Waals surface area contributed by atoms with E-state index in [0.29, 0.717) is 95.1 Å². The minimum Gasteiger partial charge on any atom is -0.456 e. The van der Waals surface area contributed by atoms with Crippen LogP contribution >= 0.6 is 45.3 Å². The largest absolute Gasteiger partial charge is 0.456 e. The van der Waals surface area contributed by atoms with E-state index in [2.05, 4.69) is 187 Å². The van der Waals surface area contributed by atoms with Crippen LogP contribution in [0.1, 0.15) is 269 Å². The summed E-state index contributed by atoms with van der Waals surface area (Å²) >= 11 is 5.71. The predicted octanol–water partition coefficient (Wildman–Crippen LogP) is 20.9. The fourth-order valence-corrected chi connectivity index (χ4v) is 18.6. The van der Waals surface area contributed by atoms with Crippen LogP contribution in [0.5, 0.6) is 0 Å². The number of aromatic amines is 4. The third-order valence-electron chi connectivity index (χ3n) is 25.8. The molecule has 28 nitrogen and oxygen atoms in total. The van der Waals surface area contributed by atoms with E-state index in [-0.39, 0.29) is 47.8 Å². The normalized spacial score (nSPS) is 12.2. The molecule has 8 rings (SSSR count). The summed E-state index contributed by atoms with van der Waals surface area (Å²) in [5.41, 5.74) is 2.09. The van der Waals surface area contributed by atoms with Crippen molar-refractivity contribution in [2.75, 3.05) is 265 Å². The molecule has 2 unspecified atom stereocenters. The number of carbonyl (C=O) groups is 8. The van der Waals surface area contributed by atoms with Gasteiger partial charge in [-0.2, -0.15) is 0 Å². The van der Waals surface area contributed by atoms with Crippen LogP contribution in [0.25, 0.3) is 0 Å². The van der Waals surface area contributed by atoms with Gasteiger partial charge in [-0.25, -0.2) is 38.4 Å². The molecule has 8 aromatic heterocycles. The number of nitrogens with one attached hydrogen (secondary N) is 4. The van der Waals surface area contributed by atoms with E-state index in [0.717, 1.165) is 173 Å². The van der Waals surface area contributed by atoms with Crippen molar-refractivity contribution in [3.8, 4) is 0 Å². The molecular weight excluding hydrogens is 1850 g/mol. The van der Waals surface area contributed by atoms with Crippen molar-refractivity contribution in [1.29, 1.82) is 0 Å². The lowest BCUT2D eigenvalue weighted by Gasteiger charge is -2.37. The van der Waals surface area contributed by atoms with Gasteiger partial charge < -0.3 is 93.7 Å². The molecule has 0 radical (unpaired) electrons. The van der Waals surface area contributed by atoms with Gasteiger partial charge in [0, 0.05) is 24.8 Å². The van der Waals surface area contributed by atoms with Crippen molar-refractivity contribution < 1.29 is 112 Å². The Labute approximate surface area is 859 Å². The molecule has 0 fully saturated rings. The molecule has 32 heteroatoms. The fourth-order valence-electron chi connectivity index (χ4n) is 16.2. The highest BCUT2D eigenvalue weighted by molar-refractivity contribution is 7.12. The monoisotopic (exact) mass is 2040 g/mol. The Bertz CT molecular complexity index is 4070. The van der Waals surface area contributed by atoms with E-state index < -0.39 is 0 Å². The molecule has 0 aliphatic rings. The van der Waals surface area contributed by atoms with Crippen LogP contribution in [0.3, 0.4) is 0 Å². The van der Waals surface area contributed by atoms with E-state index in [1.165, 1.54) is 142 Å². The molecule has 0 saturated carbocycles. The molecule has 0 spiro atoms. The van der Waals surface area contributed by atoms with E-state index in [1.807, 2.05) is 57.9 Å². The fraction of sp³-hybridized carbons (Fsp3) is 0.630. The molecule has 0 aliphatic heterocycles. The highest BCUT2D eigenvalue weighted by atomic mass is 32.1. The molecule has 8 aromatic rings. The molecule has 4 N–H and O–H groups in total. The smallest absolute Gasteiger partial charge is 0.354 e. The zero-order valence-electron chi connectivity index (χ0n) is 90.7. The average molecular weight is 2040 g/mol. The third kappa shape index (κ3) is 53.6. The quantitative estimate of drug-likeness (QED) is 0.0157. The van der Waals surface area contributed by atoms with Gasteiger partial charge in [-0.3, -0.25) is 0 Å². The second kappa shape index (κ2) is 74.3. The number of hydrogen-bond donors (Lipinski definition) is 4. The average Bonchev–Trinajstić information content (AvgIpc) is 1.40. The topological polar surface area (TPSA) is 274 Å².